The molecule has 1 saturated heterocycles. The summed E-state index contributed by atoms with van der Waals surface area (Å²) >= 11 is 0. The van der Waals surface area contributed by atoms with Crippen LogP contribution >= 0.6 is 0 Å². The van der Waals surface area contributed by atoms with Crippen molar-refractivity contribution in [1.29, 1.82) is 0 Å². The molecule has 0 amide bonds. The second-order valence-electron chi connectivity index (χ2n) is 8.80. The maximum Gasteiger partial charge on any atom is 0.159 e. The van der Waals surface area contributed by atoms with Crippen molar-refractivity contribution in [2.75, 3.05) is 19.7 Å². The molecule has 4 atom stereocenters. The number of aromatic nitrogens is 2. The van der Waals surface area contributed by atoms with Crippen LogP contribution in [0.1, 0.15) is 37.3 Å². The van der Waals surface area contributed by atoms with E-state index in [1.165, 1.54) is 25.0 Å². The molecule has 0 spiro atoms. The number of likely N-dealkylation sites (tertiary alicyclic amines) is 1. The molecule has 2 aliphatic carbocycles. The fourth-order valence-corrected chi connectivity index (χ4v) is 4.99. The van der Waals surface area contributed by atoms with Crippen LogP contribution in [-0.2, 0) is 11.3 Å². The molecule has 0 bridgehead atoms. The Morgan fingerprint density at radius 1 is 1.07 bits per heavy atom. The largest absolute Gasteiger partial charge is 0.376 e. The summed E-state index contributed by atoms with van der Waals surface area (Å²) in [6.45, 7) is 3.54. The van der Waals surface area contributed by atoms with Gasteiger partial charge in [-0.25, -0.2) is 8.78 Å². The molecule has 0 radical (unpaired) electrons. The third kappa shape index (κ3) is 3.85. The van der Waals surface area contributed by atoms with Gasteiger partial charge in [-0.1, -0.05) is 6.07 Å². The highest BCUT2D eigenvalue weighted by molar-refractivity contribution is 5.18. The van der Waals surface area contributed by atoms with E-state index in [1.54, 1.807) is 6.07 Å². The van der Waals surface area contributed by atoms with Crippen LogP contribution in [0, 0.1) is 29.4 Å². The van der Waals surface area contributed by atoms with Crippen LogP contribution in [0.4, 0.5) is 8.78 Å². The van der Waals surface area contributed by atoms with Gasteiger partial charge in [-0.15, -0.1) is 0 Å². The van der Waals surface area contributed by atoms with Crippen molar-refractivity contribution in [3.05, 3.63) is 53.9 Å². The molecule has 150 valence electrons. The van der Waals surface area contributed by atoms with Crippen LogP contribution < -0.4 is 0 Å². The first kappa shape index (κ1) is 18.3. The van der Waals surface area contributed by atoms with Crippen molar-refractivity contribution in [2.45, 2.75) is 44.4 Å². The number of fused-ring (bicyclic) bond motifs is 1. The Hall–Kier alpha value is -1.79. The minimum absolute atomic E-state index is 0.213. The lowest BCUT2D eigenvalue weighted by molar-refractivity contribution is -0.0371. The number of halogens is 2. The predicted molar refractivity (Wildman–Crippen MR) is 102 cm³/mol. The summed E-state index contributed by atoms with van der Waals surface area (Å²) in [5.74, 6) is 0.406. The average molecular weight is 387 g/mol. The van der Waals surface area contributed by atoms with Crippen molar-refractivity contribution in [3.63, 3.8) is 0 Å². The van der Waals surface area contributed by atoms with Gasteiger partial charge in [-0.3, -0.25) is 9.58 Å². The highest BCUT2D eigenvalue weighted by Crippen LogP contribution is 2.43. The minimum atomic E-state index is -0.781. The van der Waals surface area contributed by atoms with Crippen molar-refractivity contribution < 1.29 is 13.5 Å². The molecule has 5 rings (SSSR count). The molecule has 3 fully saturated rings. The average Bonchev–Trinajstić information content (AvgIpc) is 3.19. The maximum absolute atomic E-state index is 13.5. The molecule has 2 aromatic rings. The molecule has 4 nitrogen and oxygen atoms in total. The van der Waals surface area contributed by atoms with E-state index in [0.717, 1.165) is 44.0 Å². The number of ether oxygens (including phenoxy) is 1. The van der Waals surface area contributed by atoms with Gasteiger partial charge in [-0.05, 0) is 67.2 Å². The summed E-state index contributed by atoms with van der Waals surface area (Å²) in [5.41, 5.74) is 0.836. The smallest absolute Gasteiger partial charge is 0.159 e. The quantitative estimate of drug-likeness (QED) is 0.749. The zero-order chi connectivity index (χ0) is 19.1. The molecular formula is C22H27F2N3O. The first-order chi connectivity index (χ1) is 13.7. The molecule has 0 N–H and O–H groups in total. The van der Waals surface area contributed by atoms with E-state index in [2.05, 4.69) is 14.7 Å². The number of hydrogen-bond acceptors (Lipinski definition) is 3. The maximum atomic E-state index is 13.5. The number of benzene rings is 1. The monoisotopic (exact) mass is 387 g/mol. The van der Waals surface area contributed by atoms with Gasteiger partial charge in [-0.2, -0.15) is 5.10 Å². The molecule has 28 heavy (non-hydrogen) atoms. The van der Waals surface area contributed by atoms with Gasteiger partial charge in [0.25, 0.3) is 0 Å². The first-order valence-electron chi connectivity index (χ1n) is 10.4. The second kappa shape index (κ2) is 7.56. The van der Waals surface area contributed by atoms with Crippen molar-refractivity contribution in [2.24, 2.45) is 17.8 Å². The summed E-state index contributed by atoms with van der Waals surface area (Å²) in [6.07, 6.45) is 8.82. The van der Waals surface area contributed by atoms with Gasteiger partial charge in [0.1, 0.15) is 0 Å². The van der Waals surface area contributed by atoms with Gasteiger partial charge in [0.2, 0.25) is 0 Å². The summed E-state index contributed by atoms with van der Waals surface area (Å²) in [5, 5.41) is 4.50. The molecule has 1 aromatic carbocycles. The Balaban J connectivity index is 1.27. The Kier molecular flexibility index (Phi) is 4.93. The normalized spacial score (nSPS) is 30.5. The van der Waals surface area contributed by atoms with Gasteiger partial charge in [0.15, 0.2) is 11.6 Å². The zero-order valence-corrected chi connectivity index (χ0v) is 16.0. The highest BCUT2D eigenvalue weighted by Gasteiger charge is 2.44. The Morgan fingerprint density at radius 2 is 1.89 bits per heavy atom. The first-order valence-corrected chi connectivity index (χ1v) is 10.4. The van der Waals surface area contributed by atoms with Crippen molar-refractivity contribution in [3.8, 4) is 0 Å². The van der Waals surface area contributed by atoms with Crippen LogP contribution in [-0.4, -0.2) is 40.5 Å². The van der Waals surface area contributed by atoms with E-state index in [0.29, 0.717) is 24.4 Å². The molecule has 1 aromatic heterocycles. The Bertz CT molecular complexity index is 808. The van der Waals surface area contributed by atoms with Gasteiger partial charge in [0.05, 0.1) is 12.1 Å². The topological polar surface area (TPSA) is 30.3 Å². The molecular weight excluding hydrogens is 360 g/mol. The van der Waals surface area contributed by atoms with E-state index >= 15 is 0 Å². The lowest BCUT2D eigenvalue weighted by Gasteiger charge is -2.38. The fourth-order valence-electron chi connectivity index (χ4n) is 4.99. The number of rotatable bonds is 6. The van der Waals surface area contributed by atoms with Gasteiger partial charge >= 0.3 is 0 Å². The summed E-state index contributed by atoms with van der Waals surface area (Å²) < 4.78 is 35.2. The summed E-state index contributed by atoms with van der Waals surface area (Å²) in [6, 6.07) is 6.51. The van der Waals surface area contributed by atoms with Crippen LogP contribution in [0.5, 0.6) is 0 Å². The van der Waals surface area contributed by atoms with E-state index in [-0.39, 0.29) is 6.10 Å². The van der Waals surface area contributed by atoms with E-state index in [1.807, 2.05) is 18.5 Å². The second-order valence-corrected chi connectivity index (χ2v) is 8.80. The zero-order valence-electron chi connectivity index (χ0n) is 16.0. The van der Waals surface area contributed by atoms with Crippen molar-refractivity contribution >= 4 is 0 Å². The lowest BCUT2D eigenvalue weighted by atomic mass is 9.77. The van der Waals surface area contributed by atoms with E-state index in [9.17, 15) is 8.78 Å². The minimum Gasteiger partial charge on any atom is -0.376 e. The van der Waals surface area contributed by atoms with Gasteiger partial charge < -0.3 is 4.74 Å². The Morgan fingerprint density at radius 3 is 2.61 bits per heavy atom. The van der Waals surface area contributed by atoms with Crippen LogP contribution in [0.3, 0.4) is 0 Å². The standard InChI is InChI=1S/C22H27F2N3O/c23-19-5-4-16(8-20(19)24)11-26-12-17-9-21(27-7-1-6-25-27)22(10-18(17)13-26)28-14-15-2-3-15/h1,4-8,15,17-18,21-22H,2-3,9-14H2/t17-,18+,21-,22-/m0/s1. The molecule has 6 heteroatoms. The van der Waals surface area contributed by atoms with Crippen molar-refractivity contribution in [1.82, 2.24) is 14.7 Å². The molecule has 2 heterocycles. The van der Waals surface area contributed by atoms with Gasteiger partial charge in [0, 0.05) is 38.6 Å². The lowest BCUT2D eigenvalue weighted by Crippen LogP contribution is -2.38. The Labute approximate surface area is 164 Å². The number of nitrogens with zero attached hydrogens (tertiary/aromatic N) is 3. The van der Waals surface area contributed by atoms with Crippen LogP contribution in [0.15, 0.2) is 36.7 Å². The third-order valence-electron chi connectivity index (χ3n) is 6.66. The number of hydrogen-bond donors (Lipinski definition) is 0. The van der Waals surface area contributed by atoms with Crippen LogP contribution in [0.2, 0.25) is 0 Å². The molecule has 0 unspecified atom stereocenters. The van der Waals surface area contributed by atoms with E-state index in [4.69, 9.17) is 4.74 Å². The summed E-state index contributed by atoms with van der Waals surface area (Å²) in [7, 11) is 0. The predicted octanol–water partition coefficient (Wildman–Crippen LogP) is 4.04. The third-order valence-corrected chi connectivity index (χ3v) is 6.66. The molecule has 3 aliphatic rings. The highest BCUT2D eigenvalue weighted by atomic mass is 19.2. The summed E-state index contributed by atoms with van der Waals surface area (Å²) in [4.78, 5) is 2.38. The SMILES string of the molecule is Fc1ccc(CN2C[C@H]3C[C@H](OCC4CC4)[C@@H](n4cccn4)C[C@H]3C2)cc1F. The molecule has 2 saturated carbocycles. The van der Waals surface area contributed by atoms with Crippen LogP contribution in [0.25, 0.3) is 0 Å². The van der Waals surface area contributed by atoms with E-state index < -0.39 is 11.6 Å². The fraction of sp³-hybridized carbons (Fsp3) is 0.591. The molecule has 1 aliphatic heterocycles.